The van der Waals surface area contributed by atoms with Gasteiger partial charge in [0.25, 0.3) is 10.0 Å². The van der Waals surface area contributed by atoms with E-state index in [1.807, 2.05) is 6.92 Å². The Morgan fingerprint density at radius 3 is 2.44 bits per heavy atom. The number of rotatable bonds is 7. The normalized spacial score (nSPS) is 11.2. The zero-order valence-electron chi connectivity index (χ0n) is 18.8. The highest BCUT2D eigenvalue weighted by Crippen LogP contribution is 2.45. The third-order valence-electron chi connectivity index (χ3n) is 5.38. The van der Waals surface area contributed by atoms with Crippen LogP contribution in [-0.2, 0) is 10.0 Å². The minimum Gasteiger partial charge on any atom is -0.497 e. The number of nitriles is 1. The van der Waals surface area contributed by atoms with Crippen LogP contribution < -0.4 is 14.2 Å². The molecule has 3 aromatic carbocycles. The maximum absolute atomic E-state index is 13.8. The third kappa shape index (κ3) is 3.68. The van der Waals surface area contributed by atoms with E-state index in [4.69, 9.17) is 14.2 Å². The quantitative estimate of drug-likeness (QED) is 0.415. The van der Waals surface area contributed by atoms with E-state index in [9.17, 15) is 18.8 Å². The molecule has 0 saturated carbocycles. The Labute approximate surface area is 197 Å². The van der Waals surface area contributed by atoms with Gasteiger partial charge >= 0.3 is 0 Å². The predicted molar refractivity (Wildman–Crippen MR) is 127 cm³/mol. The van der Waals surface area contributed by atoms with Crippen molar-refractivity contribution in [2.45, 2.75) is 11.8 Å². The summed E-state index contributed by atoms with van der Waals surface area (Å²) in [5.74, 6) is 0.448. The Balaban J connectivity index is 2.09. The summed E-state index contributed by atoms with van der Waals surface area (Å²) in [6.45, 7) is 2.20. The van der Waals surface area contributed by atoms with E-state index >= 15 is 0 Å². The van der Waals surface area contributed by atoms with Gasteiger partial charge in [-0.25, -0.2) is 12.4 Å². The zero-order chi connectivity index (χ0) is 24.5. The number of ether oxygens (including phenoxy) is 3. The van der Waals surface area contributed by atoms with E-state index in [-0.39, 0.29) is 21.7 Å². The number of aromatic hydroxyl groups is 1. The van der Waals surface area contributed by atoms with Crippen LogP contribution in [0, 0.1) is 11.3 Å². The van der Waals surface area contributed by atoms with E-state index in [1.54, 1.807) is 30.3 Å². The smallest absolute Gasteiger partial charge is 0.274 e. The average molecular weight is 479 g/mol. The van der Waals surface area contributed by atoms with Crippen molar-refractivity contribution in [1.82, 2.24) is 3.97 Å². The first kappa shape index (κ1) is 23.0. The molecule has 1 aromatic heterocycles. The van der Waals surface area contributed by atoms with E-state index in [0.29, 0.717) is 34.6 Å². The SMILES string of the molecule is CCOc1ccccc1-c1c(O)n(S(=O)(=O)c2ccc(OC)cc2OC)c2ccc(C#N)cc12. The molecular weight excluding hydrogens is 456 g/mol. The summed E-state index contributed by atoms with van der Waals surface area (Å²) in [5, 5.41) is 21.2. The van der Waals surface area contributed by atoms with Crippen LogP contribution in [0.1, 0.15) is 12.5 Å². The van der Waals surface area contributed by atoms with Crippen LogP contribution in [0.2, 0.25) is 0 Å². The number of benzene rings is 3. The van der Waals surface area contributed by atoms with Crippen LogP contribution >= 0.6 is 0 Å². The van der Waals surface area contributed by atoms with E-state index in [1.165, 1.54) is 44.6 Å². The lowest BCUT2D eigenvalue weighted by molar-refractivity contribution is 0.341. The van der Waals surface area contributed by atoms with Gasteiger partial charge in [-0.1, -0.05) is 18.2 Å². The Hall–Kier alpha value is -4.16. The summed E-state index contributed by atoms with van der Waals surface area (Å²) in [6.07, 6.45) is 0. The Morgan fingerprint density at radius 2 is 1.76 bits per heavy atom. The van der Waals surface area contributed by atoms with Gasteiger partial charge in [-0.3, -0.25) is 0 Å². The molecule has 34 heavy (non-hydrogen) atoms. The fourth-order valence-corrected chi connectivity index (χ4v) is 5.44. The van der Waals surface area contributed by atoms with Crippen LogP contribution in [0.25, 0.3) is 22.0 Å². The fraction of sp³-hybridized carbons (Fsp3) is 0.160. The average Bonchev–Trinajstić information content (AvgIpc) is 3.15. The molecule has 1 N–H and O–H groups in total. The molecule has 0 atom stereocenters. The first-order valence-electron chi connectivity index (χ1n) is 10.3. The number of aromatic nitrogens is 1. The number of nitrogens with zero attached hydrogens (tertiary/aromatic N) is 2. The molecule has 0 amide bonds. The van der Waals surface area contributed by atoms with Crippen LogP contribution in [0.3, 0.4) is 0 Å². The molecule has 0 aliphatic rings. The molecule has 0 saturated heterocycles. The molecule has 0 aliphatic heterocycles. The highest BCUT2D eigenvalue weighted by atomic mass is 32.2. The second-order valence-corrected chi connectivity index (χ2v) is 9.01. The predicted octanol–water partition coefficient (Wildman–Crippen LogP) is 4.54. The van der Waals surface area contributed by atoms with Crippen molar-refractivity contribution in [3.05, 3.63) is 66.2 Å². The summed E-state index contributed by atoms with van der Waals surface area (Å²) in [4.78, 5) is -0.156. The van der Waals surface area contributed by atoms with Crippen molar-refractivity contribution in [3.63, 3.8) is 0 Å². The first-order valence-corrected chi connectivity index (χ1v) is 11.8. The van der Waals surface area contributed by atoms with Crippen molar-refractivity contribution < 1.29 is 27.7 Å². The number of para-hydroxylation sites is 1. The second-order valence-electron chi connectivity index (χ2n) is 7.26. The first-order chi connectivity index (χ1) is 16.4. The topological polar surface area (TPSA) is 111 Å². The third-order valence-corrected chi connectivity index (χ3v) is 7.12. The monoisotopic (exact) mass is 478 g/mol. The van der Waals surface area contributed by atoms with Crippen LogP contribution in [0.5, 0.6) is 23.1 Å². The molecule has 4 rings (SSSR count). The van der Waals surface area contributed by atoms with Gasteiger partial charge in [0, 0.05) is 17.0 Å². The van der Waals surface area contributed by atoms with Crippen LogP contribution in [0.15, 0.2) is 65.6 Å². The highest BCUT2D eigenvalue weighted by Gasteiger charge is 2.31. The van der Waals surface area contributed by atoms with Gasteiger partial charge in [-0.05, 0) is 43.3 Å². The maximum Gasteiger partial charge on any atom is 0.274 e. The number of fused-ring (bicyclic) bond motifs is 1. The van der Waals surface area contributed by atoms with Crippen molar-refractivity contribution in [3.8, 4) is 40.3 Å². The van der Waals surface area contributed by atoms with Crippen molar-refractivity contribution >= 4 is 20.9 Å². The zero-order valence-corrected chi connectivity index (χ0v) is 19.6. The molecule has 9 heteroatoms. The van der Waals surface area contributed by atoms with Crippen LogP contribution in [-0.4, -0.2) is 38.3 Å². The molecule has 0 bridgehead atoms. The van der Waals surface area contributed by atoms with Gasteiger partial charge < -0.3 is 19.3 Å². The lowest BCUT2D eigenvalue weighted by atomic mass is 10.0. The second kappa shape index (κ2) is 9.00. The minimum atomic E-state index is -4.33. The number of hydrogen-bond donors (Lipinski definition) is 1. The lowest BCUT2D eigenvalue weighted by Crippen LogP contribution is -2.13. The van der Waals surface area contributed by atoms with Gasteiger partial charge in [0.05, 0.1) is 43.5 Å². The largest absolute Gasteiger partial charge is 0.497 e. The molecule has 0 unspecified atom stereocenters. The van der Waals surface area contributed by atoms with Gasteiger partial charge in [0.2, 0.25) is 5.88 Å². The van der Waals surface area contributed by atoms with Crippen LogP contribution in [0.4, 0.5) is 0 Å². The Kier molecular flexibility index (Phi) is 6.09. The molecule has 4 aromatic rings. The van der Waals surface area contributed by atoms with Crippen molar-refractivity contribution in [1.29, 1.82) is 5.26 Å². The molecule has 0 spiro atoms. The number of hydrogen-bond acceptors (Lipinski definition) is 7. The Bertz CT molecular complexity index is 1530. The molecule has 0 fully saturated rings. The molecule has 174 valence electrons. The summed E-state index contributed by atoms with van der Waals surface area (Å²) in [5.41, 5.74) is 1.26. The summed E-state index contributed by atoms with van der Waals surface area (Å²) < 4.78 is 44.7. The summed E-state index contributed by atoms with van der Waals surface area (Å²) >= 11 is 0. The van der Waals surface area contributed by atoms with Crippen molar-refractivity contribution in [2.24, 2.45) is 0 Å². The van der Waals surface area contributed by atoms with E-state index in [2.05, 4.69) is 6.07 Å². The minimum absolute atomic E-state index is 0.0607. The maximum atomic E-state index is 13.8. The van der Waals surface area contributed by atoms with E-state index in [0.717, 1.165) is 3.97 Å². The number of methoxy groups -OCH3 is 2. The highest BCUT2D eigenvalue weighted by molar-refractivity contribution is 7.90. The molecular formula is C25H22N2O6S. The van der Waals surface area contributed by atoms with Gasteiger partial charge in [-0.15, -0.1) is 0 Å². The van der Waals surface area contributed by atoms with Gasteiger partial charge in [0.1, 0.15) is 22.1 Å². The summed E-state index contributed by atoms with van der Waals surface area (Å²) in [7, 11) is -1.52. The Morgan fingerprint density at radius 1 is 1.00 bits per heavy atom. The van der Waals surface area contributed by atoms with Gasteiger partial charge in [-0.2, -0.15) is 5.26 Å². The fourth-order valence-electron chi connectivity index (χ4n) is 3.87. The molecule has 0 aliphatic carbocycles. The standard InChI is InChI=1S/C25H22N2O6S/c1-4-33-21-8-6-5-7-18(21)24-19-13-16(15-26)9-11-20(19)27(25(24)28)34(29,30)23-12-10-17(31-2)14-22(23)32-3/h5-14,28H,4H2,1-3H3. The van der Waals surface area contributed by atoms with Crippen molar-refractivity contribution in [2.75, 3.05) is 20.8 Å². The molecule has 1 heterocycles. The van der Waals surface area contributed by atoms with Gasteiger partial charge in [0.15, 0.2) is 0 Å². The molecule has 8 nitrogen and oxygen atoms in total. The molecule has 0 radical (unpaired) electrons. The lowest BCUT2D eigenvalue weighted by Gasteiger charge is -2.14. The van der Waals surface area contributed by atoms with E-state index < -0.39 is 15.9 Å². The summed E-state index contributed by atoms with van der Waals surface area (Å²) in [6, 6.07) is 17.9.